The van der Waals surface area contributed by atoms with Crippen molar-refractivity contribution in [2.75, 3.05) is 0 Å². The number of rotatable bonds is 6. The molecule has 0 aliphatic heterocycles. The van der Waals surface area contributed by atoms with Crippen molar-refractivity contribution in [3.8, 4) is 0 Å². The van der Waals surface area contributed by atoms with Gasteiger partial charge in [-0.25, -0.2) is 4.98 Å². The van der Waals surface area contributed by atoms with Crippen LogP contribution in [-0.2, 0) is 16.0 Å². The number of hydrogen-bond donors (Lipinski definition) is 0. The highest BCUT2D eigenvalue weighted by Gasteiger charge is 2.09. The molecule has 1 aromatic carbocycles. The summed E-state index contributed by atoms with van der Waals surface area (Å²) in [7, 11) is 0. The summed E-state index contributed by atoms with van der Waals surface area (Å²) < 4.78 is 1.11. The van der Waals surface area contributed by atoms with E-state index >= 15 is 0 Å². The lowest BCUT2D eigenvalue weighted by atomic mass is 10.1. The van der Waals surface area contributed by atoms with E-state index in [4.69, 9.17) is 0 Å². The molecule has 0 aliphatic rings. The minimum Gasteiger partial charge on any atom is -0.300 e. The fraction of sp³-hybridized carbons (Fsp3) is 0.357. The number of nitrogens with zero attached hydrogens (tertiary/aromatic N) is 1. The average molecular weight is 261 g/mol. The number of hydrogen-bond acceptors (Lipinski definition) is 4. The molecule has 2 rings (SSSR count). The minimum absolute atomic E-state index is 0.141. The first kappa shape index (κ1) is 12.9. The summed E-state index contributed by atoms with van der Waals surface area (Å²) in [5, 5.41) is 0.865. The number of benzene rings is 1. The van der Waals surface area contributed by atoms with Gasteiger partial charge in [0.1, 0.15) is 16.6 Å². The summed E-state index contributed by atoms with van der Waals surface area (Å²) in [6, 6.07) is 7.88. The quantitative estimate of drug-likeness (QED) is 0.802. The molecule has 18 heavy (non-hydrogen) atoms. The van der Waals surface area contributed by atoms with Crippen LogP contribution in [0.25, 0.3) is 10.2 Å². The van der Waals surface area contributed by atoms with Crippen LogP contribution in [0.5, 0.6) is 0 Å². The molecule has 0 unspecified atom stereocenters. The van der Waals surface area contributed by atoms with Gasteiger partial charge in [-0.1, -0.05) is 12.1 Å². The van der Waals surface area contributed by atoms with Gasteiger partial charge in [0, 0.05) is 12.8 Å². The van der Waals surface area contributed by atoms with Gasteiger partial charge in [-0.2, -0.15) is 0 Å². The predicted octanol–water partition coefficient (Wildman–Crippen LogP) is 3.17. The molecule has 2 aromatic rings. The molecule has 0 atom stereocenters. The summed E-state index contributed by atoms with van der Waals surface area (Å²) in [4.78, 5) is 26.9. The van der Waals surface area contributed by atoms with E-state index in [1.165, 1.54) is 0 Å². The van der Waals surface area contributed by atoms with Crippen LogP contribution in [0.1, 0.15) is 31.2 Å². The second-order valence-electron chi connectivity index (χ2n) is 4.35. The fourth-order valence-corrected chi connectivity index (χ4v) is 2.78. The second kappa shape index (κ2) is 5.87. The fourth-order valence-electron chi connectivity index (χ4n) is 1.79. The molecule has 0 saturated carbocycles. The SMILES string of the molecule is CC(=O)CCCC(=O)Cc1nc2ccccc2s1. The summed E-state index contributed by atoms with van der Waals surface area (Å²) in [5.74, 6) is 0.304. The van der Waals surface area contributed by atoms with Crippen molar-refractivity contribution in [1.82, 2.24) is 4.98 Å². The van der Waals surface area contributed by atoms with E-state index in [1.54, 1.807) is 18.3 Å². The monoisotopic (exact) mass is 261 g/mol. The van der Waals surface area contributed by atoms with Crippen molar-refractivity contribution >= 4 is 33.1 Å². The number of ketones is 2. The Hall–Kier alpha value is -1.55. The molecule has 0 saturated heterocycles. The molecule has 3 nitrogen and oxygen atoms in total. The van der Waals surface area contributed by atoms with Crippen molar-refractivity contribution in [2.24, 2.45) is 0 Å². The molecule has 0 bridgehead atoms. The lowest BCUT2D eigenvalue weighted by Crippen LogP contribution is -2.03. The standard InChI is InChI=1S/C14H15NO2S/c1-10(16)5-4-6-11(17)9-14-15-12-7-2-3-8-13(12)18-14/h2-3,7-8H,4-6,9H2,1H3. The molecule has 94 valence electrons. The van der Waals surface area contributed by atoms with Crippen molar-refractivity contribution in [2.45, 2.75) is 32.6 Å². The highest BCUT2D eigenvalue weighted by atomic mass is 32.1. The zero-order valence-corrected chi connectivity index (χ0v) is 11.1. The summed E-state index contributed by atoms with van der Waals surface area (Å²) in [5.41, 5.74) is 0.953. The lowest BCUT2D eigenvalue weighted by molar-refractivity contribution is -0.119. The maximum atomic E-state index is 11.7. The second-order valence-corrected chi connectivity index (χ2v) is 5.46. The summed E-state index contributed by atoms with van der Waals surface area (Å²) in [6.45, 7) is 1.55. The lowest BCUT2D eigenvalue weighted by Gasteiger charge is -1.96. The zero-order chi connectivity index (χ0) is 13.0. The van der Waals surface area contributed by atoms with Gasteiger partial charge in [0.15, 0.2) is 0 Å². The number of carbonyl (C=O) groups is 2. The molecule has 0 aliphatic carbocycles. The van der Waals surface area contributed by atoms with Crippen molar-refractivity contribution in [3.05, 3.63) is 29.3 Å². The first-order valence-electron chi connectivity index (χ1n) is 6.01. The van der Waals surface area contributed by atoms with E-state index in [1.807, 2.05) is 24.3 Å². The third-order valence-electron chi connectivity index (χ3n) is 2.67. The van der Waals surface area contributed by atoms with Gasteiger partial charge < -0.3 is 4.79 Å². The zero-order valence-electron chi connectivity index (χ0n) is 10.3. The van der Waals surface area contributed by atoms with Crippen molar-refractivity contribution in [1.29, 1.82) is 0 Å². The van der Waals surface area contributed by atoms with E-state index in [0.717, 1.165) is 15.2 Å². The van der Waals surface area contributed by atoms with E-state index in [-0.39, 0.29) is 11.6 Å². The molecular formula is C14H15NO2S. The van der Waals surface area contributed by atoms with Crippen molar-refractivity contribution < 1.29 is 9.59 Å². The first-order valence-corrected chi connectivity index (χ1v) is 6.82. The Morgan fingerprint density at radius 1 is 1.22 bits per heavy atom. The highest BCUT2D eigenvalue weighted by Crippen LogP contribution is 2.22. The largest absolute Gasteiger partial charge is 0.300 e. The highest BCUT2D eigenvalue weighted by molar-refractivity contribution is 7.18. The third-order valence-corrected chi connectivity index (χ3v) is 3.71. The first-order chi connectivity index (χ1) is 8.65. The Bertz CT molecular complexity index is 541. The van der Waals surface area contributed by atoms with Gasteiger partial charge in [-0.3, -0.25) is 4.79 Å². The Kier molecular flexibility index (Phi) is 4.20. The van der Waals surface area contributed by atoms with Gasteiger partial charge in [-0.15, -0.1) is 11.3 Å². The molecule has 1 aromatic heterocycles. The van der Waals surface area contributed by atoms with Gasteiger partial charge in [0.25, 0.3) is 0 Å². The van der Waals surface area contributed by atoms with Gasteiger partial charge in [-0.05, 0) is 25.5 Å². The molecule has 0 fully saturated rings. The Balaban J connectivity index is 1.92. The van der Waals surface area contributed by atoms with E-state index in [2.05, 4.69) is 4.98 Å². The van der Waals surface area contributed by atoms with E-state index < -0.39 is 0 Å². The van der Waals surface area contributed by atoms with Crippen LogP contribution >= 0.6 is 11.3 Å². The molecule has 1 heterocycles. The number of para-hydroxylation sites is 1. The number of thiazole rings is 1. The maximum Gasteiger partial charge on any atom is 0.139 e. The van der Waals surface area contributed by atoms with E-state index in [9.17, 15) is 9.59 Å². The van der Waals surface area contributed by atoms with Crippen LogP contribution in [0.4, 0.5) is 0 Å². The number of fused-ring (bicyclic) bond motifs is 1. The molecule has 0 amide bonds. The van der Waals surface area contributed by atoms with Crippen LogP contribution in [-0.4, -0.2) is 16.6 Å². The van der Waals surface area contributed by atoms with Gasteiger partial charge >= 0.3 is 0 Å². The molecule has 0 N–H and O–H groups in total. The summed E-state index contributed by atoms with van der Waals surface area (Å²) in [6.07, 6.45) is 2.00. The molecule has 0 radical (unpaired) electrons. The van der Waals surface area contributed by atoms with Crippen molar-refractivity contribution in [3.63, 3.8) is 0 Å². The van der Waals surface area contributed by atoms with E-state index in [0.29, 0.717) is 25.7 Å². The minimum atomic E-state index is 0.141. The van der Waals surface area contributed by atoms with Gasteiger partial charge in [0.2, 0.25) is 0 Å². The average Bonchev–Trinajstić information content (AvgIpc) is 2.70. The molecule has 4 heteroatoms. The number of aromatic nitrogens is 1. The van der Waals surface area contributed by atoms with Gasteiger partial charge in [0.05, 0.1) is 16.6 Å². The predicted molar refractivity (Wildman–Crippen MR) is 72.9 cm³/mol. The molecule has 0 spiro atoms. The number of Topliss-reactive ketones (excluding diaryl/α,β-unsaturated/α-hetero) is 2. The smallest absolute Gasteiger partial charge is 0.139 e. The third kappa shape index (κ3) is 3.47. The Labute approximate surface area is 110 Å². The van der Waals surface area contributed by atoms with Crippen LogP contribution in [0.3, 0.4) is 0 Å². The maximum absolute atomic E-state index is 11.7. The van der Waals surface area contributed by atoms with Crippen LogP contribution in [0.15, 0.2) is 24.3 Å². The Morgan fingerprint density at radius 3 is 2.72 bits per heavy atom. The normalized spacial score (nSPS) is 10.7. The topological polar surface area (TPSA) is 47.0 Å². The molecular weight excluding hydrogens is 246 g/mol. The van der Waals surface area contributed by atoms with Crippen LogP contribution in [0.2, 0.25) is 0 Å². The summed E-state index contributed by atoms with van der Waals surface area (Å²) >= 11 is 1.57. The Morgan fingerprint density at radius 2 is 2.00 bits per heavy atom. The number of carbonyl (C=O) groups excluding carboxylic acids is 2. The van der Waals surface area contributed by atoms with Crippen LogP contribution < -0.4 is 0 Å². The van der Waals surface area contributed by atoms with Crippen LogP contribution in [0, 0.1) is 0 Å².